The summed E-state index contributed by atoms with van der Waals surface area (Å²) in [5, 5.41) is 3.81. The monoisotopic (exact) mass is 958 g/mol. The van der Waals surface area contributed by atoms with Crippen LogP contribution in [0.15, 0.2) is 36.4 Å². The maximum atomic E-state index is 13.1. The molecule has 0 unspecified atom stereocenters. The third kappa shape index (κ3) is 19.6. The van der Waals surface area contributed by atoms with Crippen LogP contribution in [-0.4, -0.2) is 215 Å². The van der Waals surface area contributed by atoms with Gasteiger partial charge in [0.15, 0.2) is 5.65 Å². The Kier molecular flexibility index (Phi) is 24.3. The number of fused-ring (bicyclic) bond motifs is 1. The Bertz CT molecular complexity index is 1930. The highest BCUT2D eigenvalue weighted by Crippen LogP contribution is 2.31. The molecule has 1 N–H and O–H groups in total. The number of amides is 2. The highest BCUT2D eigenvalue weighted by Gasteiger charge is 2.28. The predicted molar refractivity (Wildman–Crippen MR) is 256 cm³/mol. The topological polar surface area (TPSA) is 196 Å². The number of carbonyl (C=O) groups excluding carboxylic acids is 2. The number of benzene rings is 1. The van der Waals surface area contributed by atoms with Crippen molar-refractivity contribution in [1.29, 1.82) is 0 Å². The van der Waals surface area contributed by atoms with Gasteiger partial charge in [-0.2, -0.15) is 9.97 Å². The van der Waals surface area contributed by atoms with Crippen molar-refractivity contribution in [2.75, 3.05) is 175 Å². The quantitative estimate of drug-likeness (QED) is 0.0912. The molecule has 2 amide bonds. The summed E-state index contributed by atoms with van der Waals surface area (Å²) in [6, 6.07) is 11.7. The van der Waals surface area contributed by atoms with Gasteiger partial charge in [0, 0.05) is 44.4 Å². The minimum atomic E-state index is -0.522. The van der Waals surface area contributed by atoms with Gasteiger partial charge in [-0.25, -0.2) is 9.78 Å². The van der Waals surface area contributed by atoms with E-state index in [1.807, 2.05) is 51.1 Å². The standard InChI is InChI=1S/C48H75N7O13/c1-37-35-66-18-14-54(37)44-41-10-11-42(50-43(41)51-46(52-44)55-15-19-67-36-38(55)2)39-8-7-9-40(34-39)45(56)49-12-16-58-20-22-60-24-26-62-28-30-64-32-33-65-31-29-63-27-25-61-23-21-59-17-13-53(6)47(57)68-48(3,4)5/h7-11,34,37-38H,12-33,35-36H2,1-6H3,(H,49,56)/t37-,38-/m1/s1. The first-order valence-electron chi connectivity index (χ1n) is 23.8. The second kappa shape index (κ2) is 30.3. The van der Waals surface area contributed by atoms with Crippen LogP contribution in [0.5, 0.6) is 0 Å². The summed E-state index contributed by atoms with van der Waals surface area (Å²) >= 11 is 0. The van der Waals surface area contributed by atoms with Crippen LogP contribution in [0.25, 0.3) is 22.3 Å². The zero-order valence-electron chi connectivity index (χ0n) is 41.1. The second-order valence-corrected chi connectivity index (χ2v) is 17.3. The van der Waals surface area contributed by atoms with E-state index < -0.39 is 5.60 Å². The van der Waals surface area contributed by atoms with E-state index in [9.17, 15) is 9.59 Å². The molecule has 0 aliphatic carbocycles. The molecule has 0 bridgehead atoms. The summed E-state index contributed by atoms with van der Waals surface area (Å²) in [5.74, 6) is 1.29. The molecule has 2 fully saturated rings. The SMILES string of the molecule is C[C@@H]1COCCN1c1nc(N2CCOC[C@H]2C)c2ccc(-c3cccc(C(=O)NCCOCCOCCOCCOCCOCCOCCOCCOCCN(C)C(=O)OC(C)(C)C)c3)nc2n1. The van der Waals surface area contributed by atoms with Crippen molar-refractivity contribution < 1.29 is 61.7 Å². The van der Waals surface area contributed by atoms with Crippen LogP contribution in [0.4, 0.5) is 16.6 Å². The lowest BCUT2D eigenvalue weighted by atomic mass is 10.1. The van der Waals surface area contributed by atoms with Crippen LogP contribution in [0, 0.1) is 0 Å². The van der Waals surface area contributed by atoms with Gasteiger partial charge < -0.3 is 72.1 Å². The number of anilines is 2. The van der Waals surface area contributed by atoms with Gasteiger partial charge >= 0.3 is 6.09 Å². The van der Waals surface area contributed by atoms with Crippen LogP contribution >= 0.6 is 0 Å². The molecule has 1 aromatic carbocycles. The average molecular weight is 958 g/mol. The Morgan fingerprint density at radius 2 is 1.19 bits per heavy atom. The lowest BCUT2D eigenvalue weighted by Crippen LogP contribution is -2.46. The number of hydrogen-bond acceptors (Lipinski definition) is 18. The van der Waals surface area contributed by atoms with Crippen molar-refractivity contribution in [3.63, 3.8) is 0 Å². The lowest BCUT2D eigenvalue weighted by molar-refractivity contribution is -0.0235. The number of likely N-dealkylation sites (N-methyl/N-ethyl adjacent to an activating group) is 1. The predicted octanol–water partition coefficient (Wildman–Crippen LogP) is 3.87. The van der Waals surface area contributed by atoms with Crippen molar-refractivity contribution in [2.45, 2.75) is 52.3 Å². The fraction of sp³-hybridized carbons (Fsp3) is 0.688. The van der Waals surface area contributed by atoms with Gasteiger partial charge in [0.05, 0.1) is 155 Å². The van der Waals surface area contributed by atoms with Gasteiger partial charge in [-0.3, -0.25) is 4.79 Å². The molecule has 3 aromatic rings. The van der Waals surface area contributed by atoms with E-state index in [0.29, 0.717) is 175 Å². The van der Waals surface area contributed by atoms with Gasteiger partial charge in [-0.05, 0) is 58.9 Å². The van der Waals surface area contributed by atoms with Crippen LogP contribution in [0.1, 0.15) is 45.0 Å². The molecule has 2 aliphatic heterocycles. The van der Waals surface area contributed by atoms with Crippen molar-refractivity contribution in [1.82, 2.24) is 25.2 Å². The van der Waals surface area contributed by atoms with Gasteiger partial charge in [0.1, 0.15) is 11.4 Å². The first-order valence-corrected chi connectivity index (χ1v) is 23.8. The van der Waals surface area contributed by atoms with E-state index in [0.717, 1.165) is 23.3 Å². The molecular formula is C48H75N7O13. The minimum absolute atomic E-state index is 0.131. The molecule has 2 atom stereocenters. The summed E-state index contributed by atoms with van der Waals surface area (Å²) in [7, 11) is 1.68. The van der Waals surface area contributed by atoms with Crippen molar-refractivity contribution in [3.05, 3.63) is 42.0 Å². The summed E-state index contributed by atoms with van der Waals surface area (Å²) in [4.78, 5) is 46.0. The zero-order chi connectivity index (χ0) is 48.4. The molecule has 20 heteroatoms. The normalized spacial score (nSPS) is 16.6. The number of nitrogens with one attached hydrogen (secondary N) is 1. The molecule has 2 saturated heterocycles. The number of aromatic nitrogens is 3. The zero-order valence-corrected chi connectivity index (χ0v) is 41.1. The first kappa shape index (κ1) is 54.6. The lowest BCUT2D eigenvalue weighted by Gasteiger charge is -2.37. The molecule has 380 valence electrons. The molecule has 20 nitrogen and oxygen atoms in total. The molecule has 2 aromatic heterocycles. The van der Waals surface area contributed by atoms with E-state index in [1.165, 1.54) is 4.90 Å². The van der Waals surface area contributed by atoms with Crippen LogP contribution in [0.2, 0.25) is 0 Å². The Balaban J connectivity index is 0.841. The number of nitrogens with zero attached hydrogens (tertiary/aromatic N) is 6. The van der Waals surface area contributed by atoms with Crippen LogP contribution < -0.4 is 15.1 Å². The molecule has 5 rings (SSSR count). The second-order valence-electron chi connectivity index (χ2n) is 17.3. The summed E-state index contributed by atoms with van der Waals surface area (Å²) in [6.45, 7) is 21.5. The van der Waals surface area contributed by atoms with Gasteiger partial charge in [0.25, 0.3) is 5.91 Å². The Morgan fingerprint density at radius 1 is 0.676 bits per heavy atom. The Hall–Kier alpha value is -4.35. The van der Waals surface area contributed by atoms with E-state index in [1.54, 1.807) is 13.1 Å². The molecule has 0 radical (unpaired) electrons. The van der Waals surface area contributed by atoms with E-state index >= 15 is 0 Å². The largest absolute Gasteiger partial charge is 0.444 e. The van der Waals surface area contributed by atoms with Gasteiger partial charge in [0.2, 0.25) is 5.95 Å². The molecule has 0 spiro atoms. The highest BCUT2D eigenvalue weighted by molar-refractivity contribution is 5.96. The third-order valence-electron chi connectivity index (χ3n) is 10.6. The molecule has 4 heterocycles. The molecular weight excluding hydrogens is 883 g/mol. The summed E-state index contributed by atoms with van der Waals surface area (Å²) in [5.41, 5.74) is 2.14. The number of morpholine rings is 2. The minimum Gasteiger partial charge on any atom is -0.444 e. The maximum absolute atomic E-state index is 13.1. The van der Waals surface area contributed by atoms with E-state index in [-0.39, 0.29) is 24.1 Å². The van der Waals surface area contributed by atoms with Crippen molar-refractivity contribution in [2.24, 2.45) is 0 Å². The number of rotatable bonds is 31. The molecule has 0 saturated carbocycles. The fourth-order valence-corrected chi connectivity index (χ4v) is 6.99. The number of hydrogen-bond donors (Lipinski definition) is 1. The van der Waals surface area contributed by atoms with Crippen molar-refractivity contribution in [3.8, 4) is 11.3 Å². The smallest absolute Gasteiger partial charge is 0.410 e. The summed E-state index contributed by atoms with van der Waals surface area (Å²) in [6.07, 6.45) is -0.371. The Morgan fingerprint density at radius 3 is 1.72 bits per heavy atom. The van der Waals surface area contributed by atoms with Gasteiger partial charge in [-0.15, -0.1) is 0 Å². The molecule has 2 aliphatic rings. The highest BCUT2D eigenvalue weighted by atomic mass is 16.6. The summed E-state index contributed by atoms with van der Waals surface area (Å²) < 4.78 is 61.1. The third-order valence-corrected chi connectivity index (χ3v) is 10.6. The van der Waals surface area contributed by atoms with E-state index in [4.69, 9.17) is 67.1 Å². The number of ether oxygens (including phenoxy) is 11. The van der Waals surface area contributed by atoms with Crippen molar-refractivity contribution >= 4 is 34.8 Å². The van der Waals surface area contributed by atoms with Gasteiger partial charge in [-0.1, -0.05) is 12.1 Å². The van der Waals surface area contributed by atoms with E-state index in [2.05, 4.69) is 29.0 Å². The molecule has 68 heavy (non-hydrogen) atoms. The Labute approximate surface area is 401 Å². The number of pyridine rings is 1. The maximum Gasteiger partial charge on any atom is 0.410 e. The first-order chi connectivity index (χ1) is 33.0. The number of carbonyl (C=O) groups is 2. The van der Waals surface area contributed by atoms with Crippen LogP contribution in [-0.2, 0) is 52.1 Å². The average Bonchev–Trinajstić information content (AvgIpc) is 3.33. The van der Waals surface area contributed by atoms with Crippen LogP contribution in [0.3, 0.4) is 0 Å². The fourth-order valence-electron chi connectivity index (χ4n) is 6.99.